The van der Waals surface area contributed by atoms with E-state index in [9.17, 15) is 4.79 Å². The zero-order valence-electron chi connectivity index (χ0n) is 10.5. The molecule has 0 bridgehead atoms. The van der Waals surface area contributed by atoms with Crippen LogP contribution in [0.1, 0.15) is 5.56 Å². The number of morpholine rings is 1. The van der Waals surface area contributed by atoms with Crippen molar-refractivity contribution in [1.29, 1.82) is 0 Å². The van der Waals surface area contributed by atoms with Crippen LogP contribution < -0.4 is 5.73 Å². The maximum atomic E-state index is 12.3. The van der Waals surface area contributed by atoms with E-state index in [2.05, 4.69) is 0 Å². The highest BCUT2D eigenvalue weighted by molar-refractivity contribution is 5.79. The Morgan fingerprint density at radius 3 is 2.56 bits per heavy atom. The fourth-order valence-corrected chi connectivity index (χ4v) is 2.21. The Bertz CT molecular complexity index is 375. The van der Waals surface area contributed by atoms with Gasteiger partial charge in [0.25, 0.3) is 0 Å². The molecule has 18 heavy (non-hydrogen) atoms. The van der Waals surface area contributed by atoms with Gasteiger partial charge in [0.1, 0.15) is 0 Å². The molecular weight excluding hydrogens is 228 g/mol. The number of nitrogens with zero attached hydrogens (tertiary/aromatic N) is 1. The molecule has 98 valence electrons. The third kappa shape index (κ3) is 3.31. The Labute approximate surface area is 108 Å². The van der Waals surface area contributed by atoms with E-state index in [1.165, 1.54) is 0 Å². The van der Waals surface area contributed by atoms with E-state index in [1.54, 1.807) is 0 Å². The molecule has 2 rings (SSSR count). The number of hydrogen-bond acceptors (Lipinski definition) is 3. The highest BCUT2D eigenvalue weighted by Gasteiger charge is 2.24. The fraction of sp³-hybridized carbons (Fsp3) is 0.500. The van der Waals surface area contributed by atoms with Crippen LogP contribution in [0, 0.1) is 5.92 Å². The van der Waals surface area contributed by atoms with Gasteiger partial charge in [-0.25, -0.2) is 0 Å². The smallest absolute Gasteiger partial charge is 0.227 e. The summed E-state index contributed by atoms with van der Waals surface area (Å²) in [6.07, 6.45) is 0.716. The summed E-state index contributed by atoms with van der Waals surface area (Å²) in [4.78, 5) is 14.2. The molecule has 0 aliphatic carbocycles. The van der Waals surface area contributed by atoms with Crippen LogP contribution in [0.4, 0.5) is 0 Å². The Hall–Kier alpha value is -1.39. The Kier molecular flexibility index (Phi) is 4.73. The zero-order valence-corrected chi connectivity index (χ0v) is 10.5. The lowest BCUT2D eigenvalue weighted by atomic mass is 9.98. The average molecular weight is 248 g/mol. The minimum atomic E-state index is -0.120. The summed E-state index contributed by atoms with van der Waals surface area (Å²) in [5.74, 6) is 0.0372. The third-order valence-electron chi connectivity index (χ3n) is 3.28. The summed E-state index contributed by atoms with van der Waals surface area (Å²) >= 11 is 0. The molecular formula is C14H20N2O2. The lowest BCUT2D eigenvalue weighted by Crippen LogP contribution is -2.45. The average Bonchev–Trinajstić information content (AvgIpc) is 2.46. The van der Waals surface area contributed by atoms with Gasteiger partial charge in [-0.2, -0.15) is 0 Å². The standard InChI is InChI=1S/C14H20N2O2/c15-11-13(10-12-4-2-1-3-5-12)14(17)16-6-8-18-9-7-16/h1-5,13H,6-11,15H2. The lowest BCUT2D eigenvalue weighted by Gasteiger charge is -2.30. The second-order valence-electron chi connectivity index (χ2n) is 4.56. The molecule has 1 aromatic rings. The van der Waals surface area contributed by atoms with E-state index >= 15 is 0 Å². The highest BCUT2D eigenvalue weighted by Crippen LogP contribution is 2.12. The van der Waals surface area contributed by atoms with Crippen LogP contribution in [-0.2, 0) is 16.0 Å². The lowest BCUT2D eigenvalue weighted by molar-refractivity contribution is -0.139. The van der Waals surface area contributed by atoms with Crippen molar-refractivity contribution < 1.29 is 9.53 Å². The zero-order chi connectivity index (χ0) is 12.8. The van der Waals surface area contributed by atoms with Crippen molar-refractivity contribution in [2.75, 3.05) is 32.8 Å². The van der Waals surface area contributed by atoms with Crippen LogP contribution in [0.15, 0.2) is 30.3 Å². The predicted octanol–water partition coefficient (Wildman–Crippen LogP) is 0.663. The van der Waals surface area contributed by atoms with Crippen molar-refractivity contribution in [3.63, 3.8) is 0 Å². The normalized spacial score (nSPS) is 17.5. The van der Waals surface area contributed by atoms with Crippen LogP contribution in [-0.4, -0.2) is 43.7 Å². The fourth-order valence-electron chi connectivity index (χ4n) is 2.21. The summed E-state index contributed by atoms with van der Waals surface area (Å²) in [7, 11) is 0. The molecule has 1 aliphatic rings. The molecule has 2 N–H and O–H groups in total. The number of benzene rings is 1. The molecule has 0 spiro atoms. The molecule has 4 nitrogen and oxygen atoms in total. The second-order valence-corrected chi connectivity index (χ2v) is 4.56. The maximum Gasteiger partial charge on any atom is 0.227 e. The maximum absolute atomic E-state index is 12.3. The van der Waals surface area contributed by atoms with Gasteiger partial charge in [-0.15, -0.1) is 0 Å². The SMILES string of the molecule is NCC(Cc1ccccc1)C(=O)N1CCOCC1. The summed E-state index contributed by atoms with van der Waals surface area (Å²) in [6, 6.07) is 10.0. The van der Waals surface area contributed by atoms with Gasteiger partial charge >= 0.3 is 0 Å². The van der Waals surface area contributed by atoms with E-state index in [1.807, 2.05) is 35.2 Å². The number of ether oxygens (including phenoxy) is 1. The topological polar surface area (TPSA) is 55.6 Å². The van der Waals surface area contributed by atoms with E-state index in [0.717, 1.165) is 5.56 Å². The first-order chi connectivity index (χ1) is 8.81. The van der Waals surface area contributed by atoms with Gasteiger partial charge in [-0.1, -0.05) is 30.3 Å². The van der Waals surface area contributed by atoms with Gasteiger partial charge in [0, 0.05) is 19.6 Å². The van der Waals surface area contributed by atoms with Gasteiger partial charge in [-0.05, 0) is 12.0 Å². The van der Waals surface area contributed by atoms with Gasteiger partial charge in [0.15, 0.2) is 0 Å². The summed E-state index contributed by atoms with van der Waals surface area (Å²) in [5.41, 5.74) is 6.91. The van der Waals surface area contributed by atoms with E-state index in [-0.39, 0.29) is 11.8 Å². The van der Waals surface area contributed by atoms with E-state index < -0.39 is 0 Å². The van der Waals surface area contributed by atoms with Crippen LogP contribution in [0.25, 0.3) is 0 Å². The van der Waals surface area contributed by atoms with Gasteiger partial charge in [0.05, 0.1) is 19.1 Å². The van der Waals surface area contributed by atoms with Crippen LogP contribution in [0.5, 0.6) is 0 Å². The van der Waals surface area contributed by atoms with Gasteiger partial charge in [0.2, 0.25) is 5.91 Å². The minimum Gasteiger partial charge on any atom is -0.378 e. The van der Waals surface area contributed by atoms with E-state index in [4.69, 9.17) is 10.5 Å². The van der Waals surface area contributed by atoms with E-state index in [0.29, 0.717) is 39.3 Å². The van der Waals surface area contributed by atoms with Crippen molar-refractivity contribution in [3.05, 3.63) is 35.9 Å². The van der Waals surface area contributed by atoms with Crippen molar-refractivity contribution in [3.8, 4) is 0 Å². The molecule has 0 saturated carbocycles. The van der Waals surface area contributed by atoms with Gasteiger partial charge < -0.3 is 15.4 Å². The summed E-state index contributed by atoms with van der Waals surface area (Å²) in [6.45, 7) is 3.03. The largest absolute Gasteiger partial charge is 0.378 e. The summed E-state index contributed by atoms with van der Waals surface area (Å²) < 4.78 is 5.26. The van der Waals surface area contributed by atoms with Crippen molar-refractivity contribution in [1.82, 2.24) is 4.90 Å². The Morgan fingerprint density at radius 1 is 1.28 bits per heavy atom. The molecule has 4 heteroatoms. The van der Waals surface area contributed by atoms with Crippen molar-refractivity contribution >= 4 is 5.91 Å². The molecule has 1 saturated heterocycles. The first-order valence-electron chi connectivity index (χ1n) is 6.42. The molecule has 1 aliphatic heterocycles. The highest BCUT2D eigenvalue weighted by atomic mass is 16.5. The third-order valence-corrected chi connectivity index (χ3v) is 3.28. The molecule has 0 aromatic heterocycles. The first-order valence-corrected chi connectivity index (χ1v) is 6.42. The first kappa shape index (κ1) is 13.1. The van der Waals surface area contributed by atoms with Crippen molar-refractivity contribution in [2.24, 2.45) is 11.7 Å². The molecule has 1 unspecified atom stereocenters. The minimum absolute atomic E-state index is 0.120. The molecule has 1 aromatic carbocycles. The molecule has 1 atom stereocenters. The van der Waals surface area contributed by atoms with Crippen molar-refractivity contribution in [2.45, 2.75) is 6.42 Å². The number of carbonyl (C=O) groups is 1. The molecule has 1 amide bonds. The molecule has 1 fully saturated rings. The van der Waals surface area contributed by atoms with Crippen LogP contribution in [0.2, 0.25) is 0 Å². The van der Waals surface area contributed by atoms with Gasteiger partial charge in [-0.3, -0.25) is 4.79 Å². The number of carbonyl (C=O) groups excluding carboxylic acids is 1. The van der Waals surface area contributed by atoms with Crippen LogP contribution in [0.3, 0.4) is 0 Å². The predicted molar refractivity (Wildman–Crippen MR) is 70.1 cm³/mol. The second kappa shape index (κ2) is 6.52. The number of hydrogen-bond donors (Lipinski definition) is 1. The Morgan fingerprint density at radius 2 is 1.94 bits per heavy atom. The monoisotopic (exact) mass is 248 g/mol. The quantitative estimate of drug-likeness (QED) is 0.851. The summed E-state index contributed by atoms with van der Waals surface area (Å²) in [5, 5.41) is 0. The molecule has 1 heterocycles. The Balaban J connectivity index is 1.97. The van der Waals surface area contributed by atoms with Crippen LogP contribution >= 0.6 is 0 Å². The molecule has 0 radical (unpaired) electrons. The number of rotatable bonds is 4. The number of amides is 1. The number of nitrogens with two attached hydrogens (primary N) is 1.